The van der Waals surface area contributed by atoms with E-state index in [-0.39, 0.29) is 11.1 Å². The van der Waals surface area contributed by atoms with Gasteiger partial charge in [0.25, 0.3) is 0 Å². The summed E-state index contributed by atoms with van der Waals surface area (Å²) in [4.78, 5) is 2.59. The fraction of sp³-hybridized carbons (Fsp3) is 1.00. The van der Waals surface area contributed by atoms with E-state index in [1.165, 1.54) is 6.42 Å². The Bertz CT molecular complexity index is 275. The Morgan fingerprint density at radius 1 is 1.44 bits per heavy atom. The predicted octanol–water partition coefficient (Wildman–Crippen LogP) is 1.25. The fourth-order valence-electron chi connectivity index (χ4n) is 3.11. The molecule has 0 aliphatic carbocycles. The lowest BCUT2D eigenvalue weighted by molar-refractivity contribution is -0.0598. The first-order valence-corrected chi connectivity index (χ1v) is 7.12. The average molecular weight is 256 g/mol. The van der Waals surface area contributed by atoms with Gasteiger partial charge in [-0.05, 0) is 20.3 Å². The number of nitrogens with zero attached hydrogens (tertiary/aromatic N) is 1. The monoisotopic (exact) mass is 256 g/mol. The lowest BCUT2D eigenvalue weighted by Crippen LogP contribution is -2.64. The molecular weight excluding hydrogens is 228 g/mol. The van der Waals surface area contributed by atoms with Crippen molar-refractivity contribution in [3.8, 4) is 0 Å². The highest BCUT2D eigenvalue weighted by Crippen LogP contribution is 2.27. The molecule has 2 unspecified atom stereocenters. The van der Waals surface area contributed by atoms with Crippen LogP contribution in [0.15, 0.2) is 0 Å². The number of rotatable bonds is 4. The fourth-order valence-corrected chi connectivity index (χ4v) is 3.11. The van der Waals surface area contributed by atoms with E-state index in [9.17, 15) is 0 Å². The van der Waals surface area contributed by atoms with Crippen LogP contribution < -0.4 is 5.32 Å². The van der Waals surface area contributed by atoms with Crippen LogP contribution in [0.2, 0.25) is 0 Å². The van der Waals surface area contributed by atoms with E-state index in [1.54, 1.807) is 0 Å². The molecule has 4 heteroatoms. The first kappa shape index (κ1) is 14.3. The van der Waals surface area contributed by atoms with Crippen LogP contribution >= 0.6 is 0 Å². The van der Waals surface area contributed by atoms with E-state index in [4.69, 9.17) is 9.47 Å². The van der Waals surface area contributed by atoms with Crippen molar-refractivity contribution in [1.29, 1.82) is 0 Å². The van der Waals surface area contributed by atoms with E-state index in [1.807, 2.05) is 7.11 Å². The molecule has 106 valence electrons. The van der Waals surface area contributed by atoms with Gasteiger partial charge in [0.1, 0.15) is 5.60 Å². The third-order valence-corrected chi connectivity index (χ3v) is 4.39. The largest absolute Gasteiger partial charge is 0.378 e. The molecule has 0 saturated carbocycles. The zero-order valence-electron chi connectivity index (χ0n) is 12.3. The highest BCUT2D eigenvalue weighted by molar-refractivity contribution is 4.96. The second-order valence-corrected chi connectivity index (χ2v) is 6.42. The van der Waals surface area contributed by atoms with Gasteiger partial charge in [0, 0.05) is 51.4 Å². The minimum atomic E-state index is -0.0825. The van der Waals surface area contributed by atoms with E-state index in [2.05, 4.69) is 31.0 Å². The molecule has 2 aliphatic heterocycles. The predicted molar refractivity (Wildman–Crippen MR) is 72.9 cm³/mol. The molecule has 2 fully saturated rings. The van der Waals surface area contributed by atoms with Crippen LogP contribution in [0.25, 0.3) is 0 Å². The lowest BCUT2D eigenvalue weighted by atomic mass is 9.94. The highest BCUT2D eigenvalue weighted by atomic mass is 16.5. The molecule has 2 heterocycles. The molecule has 0 radical (unpaired) electrons. The molecule has 0 aromatic carbocycles. The Balaban J connectivity index is 2.04. The zero-order chi connectivity index (χ0) is 13.2. The molecule has 2 aliphatic rings. The van der Waals surface area contributed by atoms with Gasteiger partial charge in [-0.25, -0.2) is 0 Å². The Morgan fingerprint density at radius 2 is 2.22 bits per heavy atom. The number of hydrogen-bond acceptors (Lipinski definition) is 4. The summed E-state index contributed by atoms with van der Waals surface area (Å²) in [5.74, 6) is 0. The SMILES string of the molecule is CCC1CNC(C)(C)CN1CC1(OC)CCOC1. The van der Waals surface area contributed by atoms with Crippen LogP contribution in [0, 0.1) is 0 Å². The van der Waals surface area contributed by atoms with Gasteiger partial charge >= 0.3 is 0 Å². The number of ether oxygens (including phenoxy) is 2. The van der Waals surface area contributed by atoms with Crippen molar-refractivity contribution >= 4 is 0 Å². The molecule has 2 atom stereocenters. The second-order valence-electron chi connectivity index (χ2n) is 6.42. The van der Waals surface area contributed by atoms with Crippen molar-refractivity contribution < 1.29 is 9.47 Å². The highest BCUT2D eigenvalue weighted by Gasteiger charge is 2.41. The molecule has 0 spiro atoms. The lowest BCUT2D eigenvalue weighted by Gasteiger charge is -2.47. The van der Waals surface area contributed by atoms with Crippen LogP contribution in [-0.2, 0) is 9.47 Å². The van der Waals surface area contributed by atoms with Crippen molar-refractivity contribution in [1.82, 2.24) is 10.2 Å². The molecule has 1 N–H and O–H groups in total. The van der Waals surface area contributed by atoms with Crippen molar-refractivity contribution in [2.75, 3.05) is 40.0 Å². The summed E-state index contributed by atoms with van der Waals surface area (Å²) >= 11 is 0. The van der Waals surface area contributed by atoms with Gasteiger partial charge in [-0.3, -0.25) is 4.90 Å². The minimum Gasteiger partial charge on any atom is -0.378 e. The maximum absolute atomic E-state index is 5.78. The molecule has 0 aromatic heterocycles. The molecule has 0 amide bonds. The molecule has 2 saturated heterocycles. The molecule has 0 bridgehead atoms. The normalized spacial score (nSPS) is 37.0. The third-order valence-electron chi connectivity index (χ3n) is 4.39. The van der Waals surface area contributed by atoms with Gasteiger partial charge in [0.15, 0.2) is 0 Å². The maximum atomic E-state index is 5.78. The summed E-state index contributed by atoms with van der Waals surface area (Å²) in [6.45, 7) is 11.5. The summed E-state index contributed by atoms with van der Waals surface area (Å²) in [5, 5.41) is 3.63. The number of nitrogens with one attached hydrogen (secondary N) is 1. The van der Waals surface area contributed by atoms with Crippen molar-refractivity contribution in [2.45, 2.75) is 50.8 Å². The molecule has 2 rings (SSSR count). The summed E-state index contributed by atoms with van der Waals surface area (Å²) < 4.78 is 11.3. The van der Waals surface area contributed by atoms with Crippen molar-refractivity contribution in [2.24, 2.45) is 0 Å². The maximum Gasteiger partial charge on any atom is 0.106 e. The zero-order valence-corrected chi connectivity index (χ0v) is 12.3. The topological polar surface area (TPSA) is 33.7 Å². The van der Waals surface area contributed by atoms with Crippen LogP contribution in [0.1, 0.15) is 33.6 Å². The van der Waals surface area contributed by atoms with Gasteiger partial charge in [0.2, 0.25) is 0 Å². The average Bonchev–Trinajstić information content (AvgIpc) is 2.78. The van der Waals surface area contributed by atoms with Gasteiger partial charge in [-0.2, -0.15) is 0 Å². The Labute approximate surface area is 111 Å². The van der Waals surface area contributed by atoms with Gasteiger partial charge in [-0.15, -0.1) is 0 Å². The quantitative estimate of drug-likeness (QED) is 0.821. The minimum absolute atomic E-state index is 0.0825. The van der Waals surface area contributed by atoms with Gasteiger partial charge < -0.3 is 14.8 Å². The van der Waals surface area contributed by atoms with Crippen molar-refractivity contribution in [3.05, 3.63) is 0 Å². The third kappa shape index (κ3) is 3.05. The first-order valence-electron chi connectivity index (χ1n) is 7.12. The Morgan fingerprint density at radius 3 is 2.78 bits per heavy atom. The number of methoxy groups -OCH3 is 1. The summed E-state index contributed by atoms with van der Waals surface area (Å²) in [5.41, 5.74) is 0.112. The standard InChI is InChI=1S/C14H28N2O2/c1-5-12-8-15-13(2,3)9-16(12)10-14(17-4)6-7-18-11-14/h12,15H,5-11H2,1-4H3. The van der Waals surface area contributed by atoms with Gasteiger partial charge in [0.05, 0.1) is 6.61 Å². The van der Waals surface area contributed by atoms with Crippen LogP contribution in [0.5, 0.6) is 0 Å². The smallest absolute Gasteiger partial charge is 0.106 e. The second kappa shape index (κ2) is 5.45. The summed E-state index contributed by atoms with van der Waals surface area (Å²) in [7, 11) is 1.82. The Kier molecular flexibility index (Phi) is 4.32. The summed E-state index contributed by atoms with van der Waals surface area (Å²) in [6, 6.07) is 0.616. The van der Waals surface area contributed by atoms with Crippen LogP contribution in [0.4, 0.5) is 0 Å². The van der Waals surface area contributed by atoms with E-state index in [0.717, 1.165) is 39.3 Å². The van der Waals surface area contributed by atoms with Crippen LogP contribution in [-0.4, -0.2) is 62.0 Å². The van der Waals surface area contributed by atoms with E-state index >= 15 is 0 Å². The molecule has 18 heavy (non-hydrogen) atoms. The molecular formula is C14H28N2O2. The first-order chi connectivity index (χ1) is 8.50. The summed E-state index contributed by atoms with van der Waals surface area (Å²) in [6.07, 6.45) is 2.20. The van der Waals surface area contributed by atoms with Gasteiger partial charge in [-0.1, -0.05) is 6.92 Å². The van der Waals surface area contributed by atoms with Crippen molar-refractivity contribution in [3.63, 3.8) is 0 Å². The van der Waals surface area contributed by atoms with E-state index < -0.39 is 0 Å². The number of hydrogen-bond donors (Lipinski definition) is 1. The van der Waals surface area contributed by atoms with E-state index in [0.29, 0.717) is 6.04 Å². The molecule has 0 aromatic rings. The Hall–Kier alpha value is -0.160. The number of piperazine rings is 1. The van der Waals surface area contributed by atoms with Crippen LogP contribution in [0.3, 0.4) is 0 Å². The molecule has 4 nitrogen and oxygen atoms in total.